The monoisotopic (exact) mass is 481 g/mol. The van der Waals surface area contributed by atoms with Gasteiger partial charge in [0.15, 0.2) is 12.1 Å². The molecule has 0 radical (unpaired) electrons. The van der Waals surface area contributed by atoms with Crippen molar-refractivity contribution in [2.45, 2.75) is 12.2 Å². The van der Waals surface area contributed by atoms with Crippen molar-refractivity contribution in [3.05, 3.63) is 88.1 Å². The van der Waals surface area contributed by atoms with Gasteiger partial charge in [0.25, 0.3) is 0 Å². The van der Waals surface area contributed by atoms with Crippen LogP contribution in [0.15, 0.2) is 71.2 Å². The van der Waals surface area contributed by atoms with Gasteiger partial charge in [0.2, 0.25) is 0 Å². The Kier molecular flexibility index (Phi) is 7.86. The summed E-state index contributed by atoms with van der Waals surface area (Å²) >= 11 is 0. The van der Waals surface area contributed by atoms with E-state index in [2.05, 4.69) is 0 Å². The molecule has 10 heteroatoms. The highest BCUT2D eigenvalue weighted by Crippen LogP contribution is 2.44. The second-order valence-electron chi connectivity index (χ2n) is 7.32. The number of hydrogen-bond acceptors (Lipinski definition) is 9. The summed E-state index contributed by atoms with van der Waals surface area (Å²) in [5, 5.41) is 10.1. The molecular formula is C25H24FN3O6. The molecule has 1 aliphatic heterocycles. The fourth-order valence-corrected chi connectivity index (χ4v) is 4.01. The third-order valence-electron chi connectivity index (χ3n) is 5.54. The molecule has 0 saturated carbocycles. The number of anilines is 1. The number of carbonyl (C=O) groups is 2. The minimum atomic E-state index is -1.07. The van der Waals surface area contributed by atoms with E-state index >= 15 is 4.39 Å². The molecule has 182 valence electrons. The number of carbonyl (C=O) groups excluding carboxylic acids is 2. The van der Waals surface area contributed by atoms with Gasteiger partial charge in [-0.1, -0.05) is 42.5 Å². The molecule has 0 aromatic heterocycles. The highest BCUT2D eigenvalue weighted by atomic mass is 19.1. The van der Waals surface area contributed by atoms with Crippen LogP contribution in [0.1, 0.15) is 23.3 Å². The molecule has 2 N–H and O–H groups in total. The molecule has 2 aromatic carbocycles. The number of rotatable bonds is 7. The van der Waals surface area contributed by atoms with Gasteiger partial charge in [-0.3, -0.25) is 4.90 Å². The van der Waals surface area contributed by atoms with E-state index in [1.54, 1.807) is 30.3 Å². The van der Waals surface area contributed by atoms with Crippen LogP contribution in [0.4, 0.5) is 10.1 Å². The average Bonchev–Trinajstić information content (AvgIpc) is 2.89. The van der Waals surface area contributed by atoms with E-state index in [9.17, 15) is 14.9 Å². The molecule has 1 aliphatic rings. The Bertz CT molecular complexity index is 1230. The van der Waals surface area contributed by atoms with Crippen LogP contribution in [0, 0.1) is 17.1 Å². The van der Waals surface area contributed by atoms with Crippen molar-refractivity contribution in [2.75, 3.05) is 33.3 Å². The molecule has 3 rings (SSSR count). The Morgan fingerprint density at radius 1 is 1.00 bits per heavy atom. The van der Waals surface area contributed by atoms with Crippen LogP contribution in [0.5, 0.6) is 0 Å². The van der Waals surface area contributed by atoms with Gasteiger partial charge in [-0.2, -0.15) is 5.26 Å². The highest BCUT2D eigenvalue weighted by molar-refractivity contribution is 6.06. The summed E-state index contributed by atoms with van der Waals surface area (Å²) in [6.45, 7) is 0. The number of halogens is 1. The Labute approximate surface area is 201 Å². The van der Waals surface area contributed by atoms with Crippen LogP contribution in [0.3, 0.4) is 0 Å². The Hall–Kier alpha value is -4.20. The van der Waals surface area contributed by atoms with Crippen molar-refractivity contribution < 1.29 is 32.9 Å². The van der Waals surface area contributed by atoms with E-state index < -0.39 is 30.0 Å². The van der Waals surface area contributed by atoms with Gasteiger partial charge < -0.3 is 24.7 Å². The lowest BCUT2D eigenvalue weighted by molar-refractivity contribution is -0.139. The maximum absolute atomic E-state index is 15.8. The summed E-state index contributed by atoms with van der Waals surface area (Å²) in [4.78, 5) is 27.1. The van der Waals surface area contributed by atoms with Crippen molar-refractivity contribution in [1.29, 1.82) is 5.26 Å². The lowest BCUT2D eigenvalue weighted by Gasteiger charge is -2.36. The zero-order chi connectivity index (χ0) is 25.7. The third-order valence-corrected chi connectivity index (χ3v) is 5.54. The standard InChI is InChI=1S/C25H24FN3O6/c1-32-23(30)19-18(14-9-6-5-7-10-14)16(13-27)22(28)29(21(19)24(31)33-2)17-12-8-11-15(20(17)26)25(34-3)35-4/h5-12,18,25H,28H2,1-4H3. The largest absolute Gasteiger partial charge is 0.466 e. The fourth-order valence-electron chi connectivity index (χ4n) is 4.01. The van der Waals surface area contributed by atoms with Crippen LogP contribution in [-0.2, 0) is 28.5 Å². The van der Waals surface area contributed by atoms with E-state index in [4.69, 9.17) is 24.7 Å². The molecule has 0 saturated heterocycles. The second kappa shape index (κ2) is 10.8. The van der Waals surface area contributed by atoms with Gasteiger partial charge in [0, 0.05) is 19.8 Å². The zero-order valence-electron chi connectivity index (χ0n) is 19.6. The van der Waals surface area contributed by atoms with Crippen LogP contribution < -0.4 is 10.6 Å². The van der Waals surface area contributed by atoms with Gasteiger partial charge in [0.1, 0.15) is 11.5 Å². The molecule has 1 atom stereocenters. The van der Waals surface area contributed by atoms with Crippen molar-refractivity contribution in [2.24, 2.45) is 5.73 Å². The van der Waals surface area contributed by atoms with Crippen LogP contribution >= 0.6 is 0 Å². The number of nitrogens with two attached hydrogens (primary N) is 1. The summed E-state index contributed by atoms with van der Waals surface area (Å²) in [5.41, 5.74) is 6.00. The smallest absolute Gasteiger partial charge is 0.355 e. The Morgan fingerprint density at radius 3 is 2.17 bits per heavy atom. The zero-order valence-corrected chi connectivity index (χ0v) is 19.6. The van der Waals surface area contributed by atoms with Gasteiger partial charge in [-0.15, -0.1) is 0 Å². The average molecular weight is 481 g/mol. The van der Waals surface area contributed by atoms with Crippen LogP contribution in [-0.4, -0.2) is 40.4 Å². The summed E-state index contributed by atoms with van der Waals surface area (Å²) in [6.07, 6.45) is -1.07. The molecule has 0 bridgehead atoms. The molecule has 0 aliphatic carbocycles. The maximum atomic E-state index is 15.8. The van der Waals surface area contributed by atoms with Crippen molar-refractivity contribution in [1.82, 2.24) is 0 Å². The lowest BCUT2D eigenvalue weighted by atomic mass is 9.81. The predicted molar refractivity (Wildman–Crippen MR) is 123 cm³/mol. The normalized spacial score (nSPS) is 15.8. The van der Waals surface area contributed by atoms with E-state index in [-0.39, 0.29) is 33.9 Å². The summed E-state index contributed by atoms with van der Waals surface area (Å²) < 4.78 is 36.1. The third kappa shape index (κ3) is 4.47. The van der Waals surface area contributed by atoms with E-state index in [1.807, 2.05) is 6.07 Å². The van der Waals surface area contributed by atoms with Gasteiger partial charge in [-0.25, -0.2) is 14.0 Å². The first-order chi connectivity index (χ1) is 16.9. The minimum Gasteiger partial charge on any atom is -0.466 e. The fraction of sp³-hybridized carbons (Fsp3) is 0.240. The van der Waals surface area contributed by atoms with E-state index in [1.165, 1.54) is 32.4 Å². The molecule has 2 aromatic rings. The first-order valence-corrected chi connectivity index (χ1v) is 10.4. The number of allylic oxidation sites excluding steroid dienone is 1. The van der Waals surface area contributed by atoms with Crippen molar-refractivity contribution >= 4 is 17.6 Å². The van der Waals surface area contributed by atoms with E-state index in [0.29, 0.717) is 5.56 Å². The van der Waals surface area contributed by atoms with Crippen LogP contribution in [0.25, 0.3) is 0 Å². The first kappa shape index (κ1) is 25.4. The van der Waals surface area contributed by atoms with Gasteiger partial charge in [0.05, 0.1) is 43.0 Å². The molecule has 1 heterocycles. The number of esters is 2. The molecular weight excluding hydrogens is 457 g/mol. The minimum absolute atomic E-state index is 0.00724. The van der Waals surface area contributed by atoms with Crippen molar-refractivity contribution in [3.8, 4) is 6.07 Å². The quantitative estimate of drug-likeness (QED) is 0.469. The molecule has 0 amide bonds. The molecule has 1 unspecified atom stereocenters. The summed E-state index contributed by atoms with van der Waals surface area (Å²) in [5.74, 6) is -4.04. The first-order valence-electron chi connectivity index (χ1n) is 10.4. The topological polar surface area (TPSA) is 124 Å². The Morgan fingerprint density at radius 2 is 1.63 bits per heavy atom. The molecule has 0 spiro atoms. The molecule has 9 nitrogen and oxygen atoms in total. The van der Waals surface area contributed by atoms with Crippen molar-refractivity contribution in [3.63, 3.8) is 0 Å². The number of nitriles is 1. The van der Waals surface area contributed by atoms with E-state index in [0.717, 1.165) is 19.1 Å². The lowest BCUT2D eigenvalue weighted by Crippen LogP contribution is -2.41. The van der Waals surface area contributed by atoms with Gasteiger partial charge in [-0.05, 0) is 11.6 Å². The highest BCUT2D eigenvalue weighted by Gasteiger charge is 2.43. The maximum Gasteiger partial charge on any atom is 0.355 e. The predicted octanol–water partition coefficient (Wildman–Crippen LogP) is 3.01. The SMILES string of the molecule is COC(=O)C1=C(C(=O)OC)N(c2cccc(C(OC)OC)c2F)C(N)=C(C#N)C1c1ccccc1. The number of nitrogens with zero attached hydrogens (tertiary/aromatic N) is 2. The molecule has 35 heavy (non-hydrogen) atoms. The molecule has 0 fully saturated rings. The van der Waals surface area contributed by atoms with Gasteiger partial charge >= 0.3 is 11.9 Å². The second-order valence-corrected chi connectivity index (χ2v) is 7.32. The number of benzene rings is 2. The summed E-state index contributed by atoms with van der Waals surface area (Å²) in [7, 11) is 4.91. The number of methoxy groups -OCH3 is 4. The number of hydrogen-bond donors (Lipinski definition) is 1. The Balaban J connectivity index is 2.42. The van der Waals surface area contributed by atoms with Crippen LogP contribution in [0.2, 0.25) is 0 Å². The summed E-state index contributed by atoms with van der Waals surface area (Å²) in [6, 6.07) is 14.8. The number of ether oxygens (including phenoxy) is 4.